The predicted octanol–water partition coefficient (Wildman–Crippen LogP) is 7.65. The van der Waals surface area contributed by atoms with Crippen LogP contribution in [0.1, 0.15) is 29.2 Å². The van der Waals surface area contributed by atoms with Crippen LogP contribution < -0.4 is 10.1 Å². The first-order chi connectivity index (χ1) is 23.2. The Hall–Kier alpha value is -4.82. The van der Waals surface area contributed by atoms with Crippen molar-refractivity contribution in [3.05, 3.63) is 124 Å². The molecule has 0 bridgehead atoms. The van der Waals surface area contributed by atoms with E-state index in [4.69, 9.17) is 21.3 Å². The van der Waals surface area contributed by atoms with Gasteiger partial charge in [0.2, 0.25) is 10.3 Å². The summed E-state index contributed by atoms with van der Waals surface area (Å²) >= 11 is 7.80. The summed E-state index contributed by atoms with van der Waals surface area (Å²) in [5.74, 6) is -0.0214. The molecule has 6 aromatic rings. The smallest absolute Gasteiger partial charge is 0.225 e. The van der Waals surface area contributed by atoms with Gasteiger partial charge in [-0.2, -0.15) is 8.42 Å². The van der Waals surface area contributed by atoms with Gasteiger partial charge in [0.15, 0.2) is 0 Å². The maximum Gasteiger partial charge on any atom is 0.225 e. The van der Waals surface area contributed by atoms with Gasteiger partial charge in [-0.05, 0) is 61.0 Å². The van der Waals surface area contributed by atoms with Crippen molar-refractivity contribution in [2.75, 3.05) is 11.9 Å². The summed E-state index contributed by atoms with van der Waals surface area (Å²) in [6.45, 7) is 2.38. The highest BCUT2D eigenvalue weighted by Crippen LogP contribution is 2.35. The molecule has 14 heteroatoms. The fourth-order valence-corrected chi connectivity index (χ4v) is 6.62. The Morgan fingerprint density at radius 1 is 1.04 bits per heavy atom. The van der Waals surface area contributed by atoms with Crippen molar-refractivity contribution < 1.29 is 21.9 Å². The Morgan fingerprint density at radius 3 is 2.69 bits per heavy atom. The zero-order chi connectivity index (χ0) is 33.6. The van der Waals surface area contributed by atoms with Crippen molar-refractivity contribution in [2.45, 2.75) is 26.0 Å². The maximum absolute atomic E-state index is 15.5. The number of hydrogen-bond acceptors (Lipinski definition) is 9. The first-order valence-corrected chi connectivity index (χ1v) is 17.1. The van der Waals surface area contributed by atoms with Crippen LogP contribution in [-0.4, -0.2) is 45.3 Å². The monoisotopic (exact) mass is 704 g/mol. The van der Waals surface area contributed by atoms with E-state index in [2.05, 4.69) is 20.3 Å². The largest absolute Gasteiger partial charge is 0.487 e. The van der Waals surface area contributed by atoms with Crippen molar-refractivity contribution in [1.29, 1.82) is 0 Å². The molecular formula is C34H27ClF2N6O3S2. The summed E-state index contributed by atoms with van der Waals surface area (Å²) in [7, 11) is -2.43. The summed E-state index contributed by atoms with van der Waals surface area (Å²) in [5.41, 5.74) is 4.25. The van der Waals surface area contributed by atoms with Crippen molar-refractivity contribution >= 4 is 61.1 Å². The first kappa shape index (κ1) is 33.1. The number of nitrogens with zero attached hydrogens (tertiary/aromatic N) is 5. The Morgan fingerprint density at radius 2 is 1.92 bits per heavy atom. The number of anilines is 2. The number of pyridine rings is 1. The van der Waals surface area contributed by atoms with Crippen LogP contribution in [0.25, 0.3) is 22.2 Å². The highest BCUT2D eigenvalue weighted by Gasteiger charge is 2.21. The molecule has 48 heavy (non-hydrogen) atoms. The zero-order valence-corrected chi connectivity index (χ0v) is 27.7. The van der Waals surface area contributed by atoms with Gasteiger partial charge in [0, 0.05) is 52.9 Å². The van der Waals surface area contributed by atoms with Gasteiger partial charge in [0.05, 0.1) is 22.3 Å². The molecule has 1 unspecified atom stereocenters. The molecular weight excluding hydrogens is 678 g/mol. The highest BCUT2D eigenvalue weighted by atomic mass is 35.5. The minimum absolute atomic E-state index is 0.145. The zero-order valence-electron chi connectivity index (χ0n) is 25.3. The third kappa shape index (κ3) is 8.00. The maximum atomic E-state index is 15.5. The van der Waals surface area contributed by atoms with Gasteiger partial charge in [-0.1, -0.05) is 29.8 Å². The van der Waals surface area contributed by atoms with E-state index in [0.29, 0.717) is 62.4 Å². The van der Waals surface area contributed by atoms with E-state index in [9.17, 15) is 12.8 Å². The average molecular weight is 705 g/mol. The minimum Gasteiger partial charge on any atom is -0.487 e. The Bertz CT molecular complexity index is 2210. The van der Waals surface area contributed by atoms with Crippen LogP contribution in [0, 0.1) is 11.6 Å². The van der Waals surface area contributed by atoms with Gasteiger partial charge < -0.3 is 10.1 Å². The molecule has 0 fully saturated rings. The summed E-state index contributed by atoms with van der Waals surface area (Å²) in [5, 5.41) is 6.45. The van der Waals surface area contributed by atoms with Gasteiger partial charge in [-0.15, -0.1) is 11.3 Å². The summed E-state index contributed by atoms with van der Waals surface area (Å²) in [6, 6.07) is 19.4. The quantitative estimate of drug-likeness (QED) is 0.129. The molecule has 0 saturated carbocycles. The molecule has 3 aromatic heterocycles. The lowest BCUT2D eigenvalue weighted by Gasteiger charge is -2.22. The molecule has 1 atom stereocenters. The number of thiazole rings is 1. The Balaban J connectivity index is 1.22. The molecule has 0 radical (unpaired) electrons. The van der Waals surface area contributed by atoms with Crippen LogP contribution in [0.15, 0.2) is 90.7 Å². The number of fused-ring (bicyclic) bond motifs is 1. The van der Waals surface area contributed by atoms with E-state index >= 15 is 4.39 Å². The number of benzene rings is 3. The standard InChI is InChI=1S/C34H27ClF2N6O3S2/c1-21(43(20-48(44)45)12-10-24-7-2-3-11-38-24)34-42-31(18-47-34)26-15-27-30(16-29(26)37)39-19-40-33(27)41-25-8-9-32(28(35)14-25)46-17-22-5-4-6-23(36)13-22/h2-9,11,13-16,18-21H,10,12,17H2,1H3,(H,39,40,41). The van der Waals surface area contributed by atoms with Crippen LogP contribution in [-0.2, 0) is 23.3 Å². The van der Waals surface area contributed by atoms with E-state index in [1.54, 1.807) is 52.9 Å². The van der Waals surface area contributed by atoms with E-state index in [1.165, 1.54) is 35.9 Å². The fourth-order valence-electron chi connectivity index (χ4n) is 4.98. The average Bonchev–Trinajstić information content (AvgIpc) is 3.56. The summed E-state index contributed by atoms with van der Waals surface area (Å²) < 4.78 is 58.0. The molecule has 0 aliphatic carbocycles. The van der Waals surface area contributed by atoms with Crippen LogP contribution >= 0.6 is 22.9 Å². The molecule has 9 nitrogen and oxygen atoms in total. The molecule has 244 valence electrons. The van der Waals surface area contributed by atoms with Gasteiger partial charge >= 0.3 is 0 Å². The number of nitrogens with one attached hydrogen (secondary N) is 1. The summed E-state index contributed by atoms with van der Waals surface area (Å²) in [6.07, 6.45) is 3.55. The van der Waals surface area contributed by atoms with Gasteiger partial charge in [-0.25, -0.2) is 23.7 Å². The fraction of sp³-hybridized carbons (Fsp3) is 0.147. The highest BCUT2D eigenvalue weighted by molar-refractivity contribution is 7.71. The van der Waals surface area contributed by atoms with E-state index in [1.807, 2.05) is 25.1 Å². The SMILES string of the molecule is CC(c1nc(-c2cc3c(Nc4ccc(OCc5cccc(F)c5)c(Cl)c4)ncnc3cc2F)cs1)N(C=S(=O)=O)CCc1ccccn1. The lowest BCUT2D eigenvalue weighted by atomic mass is 10.1. The second-order valence-electron chi connectivity index (χ2n) is 10.7. The topological polar surface area (TPSA) is 110 Å². The third-order valence-electron chi connectivity index (χ3n) is 7.43. The summed E-state index contributed by atoms with van der Waals surface area (Å²) in [4.78, 5) is 19.3. The van der Waals surface area contributed by atoms with Gasteiger partial charge in [0.25, 0.3) is 0 Å². The Kier molecular flexibility index (Phi) is 10.3. The molecule has 0 amide bonds. The van der Waals surface area contributed by atoms with Crippen LogP contribution in [0.5, 0.6) is 5.75 Å². The van der Waals surface area contributed by atoms with Gasteiger partial charge in [-0.3, -0.25) is 9.88 Å². The molecule has 3 aromatic carbocycles. The van der Waals surface area contributed by atoms with Gasteiger partial charge in [0.1, 0.15) is 46.6 Å². The number of aromatic nitrogens is 4. The number of ether oxygens (including phenoxy) is 1. The van der Waals surface area contributed by atoms with E-state index in [0.717, 1.165) is 11.2 Å². The lowest BCUT2D eigenvalue weighted by Crippen LogP contribution is -2.28. The van der Waals surface area contributed by atoms with E-state index < -0.39 is 22.2 Å². The number of halogens is 3. The second-order valence-corrected chi connectivity index (χ2v) is 12.7. The van der Waals surface area contributed by atoms with Crippen LogP contribution in [0.3, 0.4) is 0 Å². The van der Waals surface area contributed by atoms with E-state index in [-0.39, 0.29) is 18.0 Å². The van der Waals surface area contributed by atoms with Crippen LogP contribution in [0.4, 0.5) is 20.3 Å². The first-order valence-electron chi connectivity index (χ1n) is 14.7. The minimum atomic E-state index is -2.43. The van der Waals surface area contributed by atoms with Crippen molar-refractivity contribution in [1.82, 2.24) is 24.8 Å². The predicted molar refractivity (Wildman–Crippen MR) is 184 cm³/mol. The molecule has 3 heterocycles. The van der Waals surface area contributed by atoms with Crippen molar-refractivity contribution in [2.24, 2.45) is 0 Å². The number of hydrogen-bond donors (Lipinski definition) is 1. The molecule has 0 aliphatic heterocycles. The number of rotatable bonds is 12. The molecule has 0 saturated heterocycles. The second kappa shape index (κ2) is 14.9. The third-order valence-corrected chi connectivity index (χ3v) is 9.18. The molecule has 0 aliphatic rings. The van der Waals surface area contributed by atoms with Crippen LogP contribution in [0.2, 0.25) is 5.02 Å². The normalized spacial score (nSPS) is 11.9. The van der Waals surface area contributed by atoms with Crippen molar-refractivity contribution in [3.8, 4) is 17.0 Å². The van der Waals surface area contributed by atoms with Crippen molar-refractivity contribution in [3.63, 3.8) is 0 Å². The molecule has 6 rings (SSSR count). The molecule has 0 spiro atoms. The molecule has 1 N–H and O–H groups in total. The Labute approximate surface area is 285 Å². The lowest BCUT2D eigenvalue weighted by molar-refractivity contribution is 0.306.